The van der Waals surface area contributed by atoms with Gasteiger partial charge in [0.15, 0.2) is 0 Å². The van der Waals surface area contributed by atoms with Crippen LogP contribution in [0.5, 0.6) is 0 Å². The molecule has 0 atom stereocenters. The quantitative estimate of drug-likeness (QED) is 0.706. The Morgan fingerprint density at radius 1 is 1.40 bits per heavy atom. The third-order valence-corrected chi connectivity index (χ3v) is 3.43. The zero-order chi connectivity index (χ0) is 10.8. The largest absolute Gasteiger partial charge is 0.374 e. The molecule has 2 heteroatoms. The SMILES string of the molecule is Cc1cc(N(C)CC2CC2)ccc1CCl. The minimum absolute atomic E-state index is 0.610. The average Bonchev–Trinajstić information content (AvgIpc) is 3.01. The van der Waals surface area contributed by atoms with Crippen LogP contribution >= 0.6 is 11.6 Å². The molecule has 0 bridgehead atoms. The summed E-state index contributed by atoms with van der Waals surface area (Å²) in [7, 11) is 2.17. The zero-order valence-corrected chi connectivity index (χ0v) is 10.2. The Morgan fingerprint density at radius 3 is 2.67 bits per heavy atom. The Morgan fingerprint density at radius 2 is 2.13 bits per heavy atom. The highest BCUT2D eigenvalue weighted by atomic mass is 35.5. The van der Waals surface area contributed by atoms with Crippen LogP contribution in [-0.2, 0) is 5.88 Å². The van der Waals surface area contributed by atoms with Gasteiger partial charge in [-0.15, -0.1) is 11.6 Å². The fourth-order valence-corrected chi connectivity index (χ4v) is 2.16. The van der Waals surface area contributed by atoms with Gasteiger partial charge >= 0.3 is 0 Å². The van der Waals surface area contributed by atoms with Gasteiger partial charge in [0.2, 0.25) is 0 Å². The number of aryl methyl sites for hydroxylation is 1. The highest BCUT2D eigenvalue weighted by Gasteiger charge is 2.22. The van der Waals surface area contributed by atoms with E-state index < -0.39 is 0 Å². The number of hydrogen-bond acceptors (Lipinski definition) is 1. The van der Waals surface area contributed by atoms with Gasteiger partial charge in [0, 0.05) is 25.2 Å². The van der Waals surface area contributed by atoms with Crippen LogP contribution in [0.1, 0.15) is 24.0 Å². The number of benzene rings is 1. The first kappa shape index (κ1) is 10.8. The summed E-state index contributed by atoms with van der Waals surface area (Å²) < 4.78 is 0. The summed E-state index contributed by atoms with van der Waals surface area (Å²) in [5.74, 6) is 1.54. The van der Waals surface area contributed by atoms with E-state index in [0.29, 0.717) is 5.88 Å². The predicted molar refractivity (Wildman–Crippen MR) is 66.7 cm³/mol. The van der Waals surface area contributed by atoms with Gasteiger partial charge in [0.1, 0.15) is 0 Å². The van der Waals surface area contributed by atoms with E-state index in [1.54, 1.807) is 0 Å². The van der Waals surface area contributed by atoms with Crippen LogP contribution in [-0.4, -0.2) is 13.6 Å². The summed E-state index contributed by atoms with van der Waals surface area (Å²) in [6.07, 6.45) is 2.81. The van der Waals surface area contributed by atoms with E-state index in [0.717, 1.165) is 5.92 Å². The zero-order valence-electron chi connectivity index (χ0n) is 9.46. The lowest BCUT2D eigenvalue weighted by atomic mass is 10.1. The molecule has 82 valence electrons. The van der Waals surface area contributed by atoms with Crippen LogP contribution in [0.3, 0.4) is 0 Å². The number of halogens is 1. The van der Waals surface area contributed by atoms with Gasteiger partial charge < -0.3 is 4.90 Å². The van der Waals surface area contributed by atoms with Crippen molar-refractivity contribution in [2.24, 2.45) is 5.92 Å². The van der Waals surface area contributed by atoms with Gasteiger partial charge in [-0.3, -0.25) is 0 Å². The molecule has 1 nitrogen and oxygen atoms in total. The Kier molecular flexibility index (Phi) is 3.20. The second-order valence-corrected chi connectivity index (χ2v) is 4.84. The fraction of sp³-hybridized carbons (Fsp3) is 0.538. The van der Waals surface area contributed by atoms with Crippen LogP contribution in [0, 0.1) is 12.8 Å². The van der Waals surface area contributed by atoms with Crippen molar-refractivity contribution in [2.75, 3.05) is 18.5 Å². The monoisotopic (exact) mass is 223 g/mol. The summed E-state index contributed by atoms with van der Waals surface area (Å²) in [6, 6.07) is 6.55. The fourth-order valence-electron chi connectivity index (χ4n) is 1.86. The molecule has 1 saturated carbocycles. The van der Waals surface area contributed by atoms with Gasteiger partial charge in [0.25, 0.3) is 0 Å². The Balaban J connectivity index is 2.09. The van der Waals surface area contributed by atoms with Crippen LogP contribution in [0.4, 0.5) is 5.69 Å². The summed E-state index contributed by atoms with van der Waals surface area (Å²) in [4.78, 5) is 2.35. The lowest BCUT2D eigenvalue weighted by Gasteiger charge is -2.20. The van der Waals surface area contributed by atoms with E-state index in [-0.39, 0.29) is 0 Å². The Hall–Kier alpha value is -0.690. The molecule has 1 aromatic carbocycles. The van der Waals surface area contributed by atoms with Crippen molar-refractivity contribution in [2.45, 2.75) is 25.6 Å². The maximum absolute atomic E-state index is 5.84. The van der Waals surface area contributed by atoms with Crippen molar-refractivity contribution in [3.05, 3.63) is 29.3 Å². The van der Waals surface area contributed by atoms with Gasteiger partial charge in [-0.1, -0.05) is 6.07 Å². The molecule has 0 aliphatic heterocycles. The minimum atomic E-state index is 0.610. The van der Waals surface area contributed by atoms with Crippen LogP contribution < -0.4 is 4.90 Å². The van der Waals surface area contributed by atoms with E-state index >= 15 is 0 Å². The molecule has 0 heterocycles. The second-order valence-electron chi connectivity index (χ2n) is 4.57. The summed E-state index contributed by atoms with van der Waals surface area (Å²) >= 11 is 5.84. The summed E-state index contributed by atoms with van der Waals surface area (Å²) in [5.41, 5.74) is 3.85. The maximum Gasteiger partial charge on any atom is 0.0476 e. The minimum Gasteiger partial charge on any atom is -0.374 e. The molecule has 0 saturated heterocycles. The normalized spacial score (nSPS) is 15.4. The Labute approximate surface area is 97.0 Å². The number of nitrogens with zero attached hydrogens (tertiary/aromatic N) is 1. The van der Waals surface area contributed by atoms with Crippen LogP contribution in [0.2, 0.25) is 0 Å². The molecule has 0 radical (unpaired) electrons. The topological polar surface area (TPSA) is 3.24 Å². The molecule has 0 aromatic heterocycles. The average molecular weight is 224 g/mol. The third-order valence-electron chi connectivity index (χ3n) is 3.14. The molecule has 0 amide bonds. The van der Waals surface area contributed by atoms with Gasteiger partial charge in [-0.25, -0.2) is 0 Å². The standard InChI is InChI=1S/C13H18ClN/c1-10-7-13(6-5-12(10)8-14)15(2)9-11-3-4-11/h5-7,11H,3-4,8-9H2,1-2H3. The van der Waals surface area contributed by atoms with Crippen molar-refractivity contribution in [1.82, 2.24) is 0 Å². The first-order valence-corrected chi connectivity index (χ1v) is 6.11. The molecule has 1 fully saturated rings. The van der Waals surface area contributed by atoms with Crippen molar-refractivity contribution >= 4 is 17.3 Å². The van der Waals surface area contributed by atoms with Crippen molar-refractivity contribution in [1.29, 1.82) is 0 Å². The van der Waals surface area contributed by atoms with Crippen LogP contribution in [0.15, 0.2) is 18.2 Å². The number of hydrogen-bond donors (Lipinski definition) is 0. The second kappa shape index (κ2) is 4.44. The molecule has 0 spiro atoms. The van der Waals surface area contributed by atoms with Crippen molar-refractivity contribution < 1.29 is 0 Å². The van der Waals surface area contributed by atoms with E-state index in [9.17, 15) is 0 Å². The lowest BCUT2D eigenvalue weighted by molar-refractivity contribution is 0.787. The molecule has 15 heavy (non-hydrogen) atoms. The van der Waals surface area contributed by atoms with E-state index in [1.165, 1.54) is 36.2 Å². The highest BCUT2D eigenvalue weighted by Crippen LogP contribution is 2.31. The smallest absolute Gasteiger partial charge is 0.0476 e. The molecule has 1 aliphatic carbocycles. The lowest BCUT2D eigenvalue weighted by Crippen LogP contribution is -2.19. The van der Waals surface area contributed by atoms with E-state index in [1.807, 2.05) is 0 Å². The molecule has 0 unspecified atom stereocenters. The number of rotatable bonds is 4. The first-order chi connectivity index (χ1) is 7.20. The van der Waals surface area contributed by atoms with Gasteiger partial charge in [-0.2, -0.15) is 0 Å². The van der Waals surface area contributed by atoms with Crippen molar-refractivity contribution in [3.8, 4) is 0 Å². The summed E-state index contributed by atoms with van der Waals surface area (Å²) in [5, 5.41) is 0. The third kappa shape index (κ3) is 2.66. The van der Waals surface area contributed by atoms with E-state index in [4.69, 9.17) is 11.6 Å². The van der Waals surface area contributed by atoms with Gasteiger partial charge in [-0.05, 0) is 48.9 Å². The van der Waals surface area contributed by atoms with Crippen LogP contribution in [0.25, 0.3) is 0 Å². The summed E-state index contributed by atoms with van der Waals surface area (Å²) in [6.45, 7) is 3.33. The molecule has 1 aromatic rings. The predicted octanol–water partition coefficient (Wildman–Crippen LogP) is 3.58. The number of anilines is 1. The molecule has 1 aliphatic rings. The van der Waals surface area contributed by atoms with Crippen molar-refractivity contribution in [3.63, 3.8) is 0 Å². The number of alkyl halides is 1. The van der Waals surface area contributed by atoms with E-state index in [2.05, 4.69) is 37.1 Å². The molecule has 2 rings (SSSR count). The first-order valence-electron chi connectivity index (χ1n) is 5.57. The molecule has 0 N–H and O–H groups in total. The highest BCUT2D eigenvalue weighted by molar-refractivity contribution is 6.17. The molecular weight excluding hydrogens is 206 g/mol. The maximum atomic E-state index is 5.84. The van der Waals surface area contributed by atoms with Gasteiger partial charge in [0.05, 0.1) is 0 Å². The Bertz CT molecular complexity index is 344. The molecular formula is C13H18ClN.